The summed E-state index contributed by atoms with van der Waals surface area (Å²) in [6.07, 6.45) is 5.12. The van der Waals surface area contributed by atoms with Gasteiger partial charge in [-0.1, -0.05) is 18.9 Å². The molecular weight excluding hydrogens is 224 g/mol. The summed E-state index contributed by atoms with van der Waals surface area (Å²) in [5.41, 5.74) is 0. The minimum Gasteiger partial charge on any atom is -0.481 e. The fourth-order valence-electron chi connectivity index (χ4n) is 2.05. The van der Waals surface area contributed by atoms with E-state index in [2.05, 4.69) is 4.74 Å². The smallest absolute Gasteiger partial charge is 0.338 e. The first-order chi connectivity index (χ1) is 8.06. The van der Waals surface area contributed by atoms with Gasteiger partial charge in [-0.2, -0.15) is 0 Å². The number of carboxylic acids is 1. The molecule has 2 unspecified atom stereocenters. The third-order valence-corrected chi connectivity index (χ3v) is 2.89. The van der Waals surface area contributed by atoms with Gasteiger partial charge in [0.1, 0.15) is 0 Å². The molecule has 0 aromatic heterocycles. The van der Waals surface area contributed by atoms with E-state index in [1.807, 2.05) is 0 Å². The zero-order valence-electron chi connectivity index (χ0n) is 9.72. The molecule has 5 nitrogen and oxygen atoms in total. The highest BCUT2D eigenvalue weighted by Gasteiger charge is 2.37. The van der Waals surface area contributed by atoms with Gasteiger partial charge < -0.3 is 9.84 Å². The molecule has 1 saturated carbocycles. The minimum atomic E-state index is -0.995. The van der Waals surface area contributed by atoms with E-state index >= 15 is 0 Å². The van der Waals surface area contributed by atoms with E-state index in [-0.39, 0.29) is 0 Å². The van der Waals surface area contributed by atoms with Crippen LogP contribution in [0.3, 0.4) is 0 Å². The lowest BCUT2D eigenvalue weighted by Crippen LogP contribution is -2.34. The molecule has 1 aliphatic rings. The lowest BCUT2D eigenvalue weighted by molar-refractivity contribution is -0.166. The maximum Gasteiger partial charge on any atom is 0.338 e. The molecule has 5 heteroatoms. The van der Waals surface area contributed by atoms with Crippen molar-refractivity contribution in [1.29, 1.82) is 0 Å². The first-order valence-corrected chi connectivity index (χ1v) is 5.67. The molecule has 0 bridgehead atoms. The summed E-state index contributed by atoms with van der Waals surface area (Å²) < 4.78 is 4.58. The Morgan fingerprint density at radius 3 is 2.29 bits per heavy atom. The molecule has 1 rings (SSSR count). The lowest BCUT2D eigenvalue weighted by atomic mass is 9.79. The molecule has 1 aliphatic carbocycles. The molecule has 2 atom stereocenters. The number of hydrogen-bond acceptors (Lipinski definition) is 4. The minimum absolute atomic E-state index is 0.465. The Labute approximate surface area is 99.5 Å². The van der Waals surface area contributed by atoms with E-state index in [1.54, 1.807) is 6.92 Å². The van der Waals surface area contributed by atoms with Crippen molar-refractivity contribution >= 4 is 17.9 Å². The van der Waals surface area contributed by atoms with Gasteiger partial charge in [0.05, 0.1) is 11.8 Å². The first kappa shape index (κ1) is 13.4. The Morgan fingerprint density at radius 2 is 1.76 bits per heavy atom. The highest BCUT2D eigenvalue weighted by Crippen LogP contribution is 2.31. The molecule has 0 aromatic carbocycles. The number of carboxylic acid groups (broad SMARTS) is 1. The molecule has 1 fully saturated rings. The van der Waals surface area contributed by atoms with E-state index in [0.717, 1.165) is 18.9 Å². The lowest BCUT2D eigenvalue weighted by Gasteiger charge is -2.25. The number of rotatable bonds is 3. The predicted octanol–water partition coefficient (Wildman–Crippen LogP) is 1.52. The molecular formula is C12H16O5. The van der Waals surface area contributed by atoms with Crippen LogP contribution in [-0.2, 0) is 19.1 Å². The second-order valence-electron chi connectivity index (χ2n) is 4.08. The van der Waals surface area contributed by atoms with Crippen LogP contribution >= 0.6 is 0 Å². The van der Waals surface area contributed by atoms with Gasteiger partial charge in [-0.3, -0.25) is 9.59 Å². The van der Waals surface area contributed by atoms with E-state index in [9.17, 15) is 14.4 Å². The van der Waals surface area contributed by atoms with Gasteiger partial charge in [-0.25, -0.2) is 4.79 Å². The highest BCUT2D eigenvalue weighted by molar-refractivity contribution is 5.94. The molecule has 0 radical (unpaired) electrons. The number of carbonyl (C=O) groups excluding carboxylic acids is 2. The summed E-state index contributed by atoms with van der Waals surface area (Å²) in [5.74, 6) is -3.89. The third-order valence-electron chi connectivity index (χ3n) is 2.89. The summed E-state index contributed by atoms with van der Waals surface area (Å²) in [6, 6.07) is 0. The molecule has 17 heavy (non-hydrogen) atoms. The third kappa shape index (κ3) is 3.69. The van der Waals surface area contributed by atoms with Gasteiger partial charge in [0.25, 0.3) is 0 Å². The normalized spacial score (nSPS) is 24.5. The molecule has 0 aliphatic heterocycles. The summed E-state index contributed by atoms with van der Waals surface area (Å²) in [5, 5.41) is 8.99. The summed E-state index contributed by atoms with van der Waals surface area (Å²) in [7, 11) is 0. The van der Waals surface area contributed by atoms with Crippen molar-refractivity contribution in [2.45, 2.75) is 32.6 Å². The number of hydrogen-bond donors (Lipinski definition) is 1. The standard InChI is InChI=1S/C12H16O5/c1-2-5-10(13)17-12(16)9-7-4-3-6-8(9)11(14)15/h2,5,8-9H,3-4,6-7H2,1H3,(H,14,15). The predicted molar refractivity (Wildman–Crippen MR) is 59.0 cm³/mol. The second-order valence-corrected chi connectivity index (χ2v) is 4.08. The van der Waals surface area contributed by atoms with Crippen molar-refractivity contribution in [2.75, 3.05) is 0 Å². The average molecular weight is 240 g/mol. The maximum atomic E-state index is 11.7. The van der Waals surface area contributed by atoms with Crippen LogP contribution in [0, 0.1) is 11.8 Å². The van der Waals surface area contributed by atoms with E-state index in [4.69, 9.17) is 5.11 Å². The Morgan fingerprint density at radius 1 is 1.18 bits per heavy atom. The van der Waals surface area contributed by atoms with Crippen LogP contribution < -0.4 is 0 Å². The zero-order chi connectivity index (χ0) is 12.8. The van der Waals surface area contributed by atoms with Crippen molar-refractivity contribution in [3.8, 4) is 0 Å². The van der Waals surface area contributed by atoms with Crippen LogP contribution in [-0.4, -0.2) is 23.0 Å². The first-order valence-electron chi connectivity index (χ1n) is 5.67. The van der Waals surface area contributed by atoms with Crippen molar-refractivity contribution < 1.29 is 24.2 Å². The summed E-state index contributed by atoms with van der Waals surface area (Å²) >= 11 is 0. The quantitative estimate of drug-likeness (QED) is 0.459. The molecule has 0 aromatic rings. The fourth-order valence-corrected chi connectivity index (χ4v) is 2.05. The molecule has 0 heterocycles. The monoisotopic (exact) mass is 240 g/mol. The van der Waals surface area contributed by atoms with Gasteiger partial charge in [0.15, 0.2) is 0 Å². The Kier molecular flexibility index (Phi) is 4.87. The van der Waals surface area contributed by atoms with Crippen molar-refractivity contribution in [2.24, 2.45) is 11.8 Å². The van der Waals surface area contributed by atoms with Gasteiger partial charge >= 0.3 is 17.9 Å². The van der Waals surface area contributed by atoms with Crippen molar-refractivity contribution in [3.05, 3.63) is 12.2 Å². The highest BCUT2D eigenvalue weighted by atomic mass is 16.6. The van der Waals surface area contributed by atoms with Crippen LogP contribution in [0.25, 0.3) is 0 Å². The number of carbonyl (C=O) groups is 3. The van der Waals surface area contributed by atoms with Crippen molar-refractivity contribution in [1.82, 2.24) is 0 Å². The summed E-state index contributed by atoms with van der Waals surface area (Å²) in [4.78, 5) is 33.7. The number of aliphatic carboxylic acids is 1. The molecule has 0 saturated heterocycles. The zero-order valence-corrected chi connectivity index (χ0v) is 9.72. The number of esters is 2. The molecule has 0 spiro atoms. The van der Waals surface area contributed by atoms with Gasteiger partial charge in [-0.15, -0.1) is 0 Å². The van der Waals surface area contributed by atoms with Crippen LogP contribution in [0.5, 0.6) is 0 Å². The van der Waals surface area contributed by atoms with Crippen molar-refractivity contribution in [3.63, 3.8) is 0 Å². The van der Waals surface area contributed by atoms with E-state index < -0.39 is 29.7 Å². The Balaban J connectivity index is 2.65. The maximum absolute atomic E-state index is 11.7. The average Bonchev–Trinajstić information content (AvgIpc) is 2.29. The Hall–Kier alpha value is -1.65. The molecule has 94 valence electrons. The van der Waals surface area contributed by atoms with Gasteiger partial charge in [0.2, 0.25) is 0 Å². The second kappa shape index (κ2) is 6.18. The topological polar surface area (TPSA) is 80.7 Å². The van der Waals surface area contributed by atoms with Crippen LogP contribution in [0.1, 0.15) is 32.6 Å². The SMILES string of the molecule is CC=CC(=O)OC(=O)C1CCCCC1C(=O)O. The molecule has 1 N–H and O–H groups in total. The number of allylic oxidation sites excluding steroid dienone is 1. The van der Waals surface area contributed by atoms with Gasteiger partial charge in [0, 0.05) is 6.08 Å². The number of ether oxygens (including phenoxy) is 1. The fraction of sp³-hybridized carbons (Fsp3) is 0.583. The van der Waals surface area contributed by atoms with Crippen LogP contribution in [0.15, 0.2) is 12.2 Å². The summed E-state index contributed by atoms with van der Waals surface area (Å²) in [6.45, 7) is 1.63. The van der Waals surface area contributed by atoms with Crippen LogP contribution in [0.4, 0.5) is 0 Å². The van der Waals surface area contributed by atoms with Gasteiger partial charge in [-0.05, 0) is 19.8 Å². The van der Waals surface area contributed by atoms with E-state index in [0.29, 0.717) is 12.8 Å². The molecule has 0 amide bonds. The van der Waals surface area contributed by atoms with Crippen LogP contribution in [0.2, 0.25) is 0 Å². The van der Waals surface area contributed by atoms with E-state index in [1.165, 1.54) is 6.08 Å². The Bertz CT molecular complexity index is 345. The largest absolute Gasteiger partial charge is 0.481 e.